The van der Waals surface area contributed by atoms with Crippen LogP contribution in [0.2, 0.25) is 0 Å². The number of hydrogen-bond donors (Lipinski definition) is 2. The van der Waals surface area contributed by atoms with E-state index in [2.05, 4.69) is 22.5 Å². The Bertz CT molecular complexity index is 413. The fourth-order valence-electron chi connectivity index (χ4n) is 3.22. The minimum atomic E-state index is 0.133. The second kappa shape index (κ2) is 10.1. The van der Waals surface area contributed by atoms with Gasteiger partial charge < -0.3 is 20.3 Å². The van der Waals surface area contributed by atoms with Gasteiger partial charge in [-0.2, -0.15) is 11.8 Å². The molecule has 0 spiro atoms. The molecular formula is C17H32N4O2S. The van der Waals surface area contributed by atoms with Gasteiger partial charge in [0.25, 0.3) is 0 Å². The Morgan fingerprint density at radius 2 is 1.92 bits per heavy atom. The van der Waals surface area contributed by atoms with Crippen LogP contribution in [-0.2, 0) is 9.53 Å². The molecule has 0 unspecified atom stereocenters. The first-order valence-corrected chi connectivity index (χ1v) is 10.2. The van der Waals surface area contributed by atoms with E-state index in [1.54, 1.807) is 0 Å². The maximum absolute atomic E-state index is 12.2. The van der Waals surface area contributed by atoms with Crippen molar-refractivity contribution in [3.05, 3.63) is 0 Å². The molecule has 0 aliphatic carbocycles. The van der Waals surface area contributed by atoms with E-state index in [9.17, 15) is 4.79 Å². The lowest BCUT2D eigenvalue weighted by atomic mass is 9.99. The molecule has 2 aliphatic heterocycles. The third kappa shape index (κ3) is 5.84. The lowest BCUT2D eigenvalue weighted by Gasteiger charge is -2.37. The summed E-state index contributed by atoms with van der Waals surface area (Å²) in [5, 5.41) is 6.71. The molecule has 2 aliphatic rings. The molecule has 2 saturated heterocycles. The monoisotopic (exact) mass is 356 g/mol. The Labute approximate surface area is 150 Å². The zero-order chi connectivity index (χ0) is 17.3. The zero-order valence-corrected chi connectivity index (χ0v) is 15.9. The summed E-state index contributed by atoms with van der Waals surface area (Å²) in [5.41, 5.74) is 0. The minimum Gasteiger partial charge on any atom is -0.381 e. The van der Waals surface area contributed by atoms with Crippen molar-refractivity contribution in [2.75, 3.05) is 51.7 Å². The van der Waals surface area contributed by atoms with Crippen molar-refractivity contribution in [1.29, 1.82) is 0 Å². The van der Waals surface area contributed by atoms with Crippen molar-refractivity contribution in [3.63, 3.8) is 0 Å². The Balaban J connectivity index is 1.88. The molecule has 0 atom stereocenters. The quantitative estimate of drug-likeness (QED) is 0.534. The van der Waals surface area contributed by atoms with E-state index in [0.717, 1.165) is 76.8 Å². The molecule has 0 aromatic rings. The molecule has 2 heterocycles. The predicted octanol–water partition coefficient (Wildman–Crippen LogP) is 1.47. The summed E-state index contributed by atoms with van der Waals surface area (Å²) in [6.45, 7) is 9.56. The first-order valence-electron chi connectivity index (χ1n) is 9.21. The Morgan fingerprint density at radius 1 is 1.21 bits per heavy atom. The molecule has 0 aromatic heterocycles. The molecular weight excluding hydrogens is 324 g/mol. The molecule has 0 saturated carbocycles. The van der Waals surface area contributed by atoms with Gasteiger partial charge in [-0.05, 0) is 38.4 Å². The van der Waals surface area contributed by atoms with Crippen molar-refractivity contribution in [1.82, 2.24) is 15.5 Å². The number of carbonyl (C=O) groups excluding carboxylic acids is 1. The third-order valence-corrected chi connectivity index (χ3v) is 6.06. The first kappa shape index (κ1) is 19.4. The first-order chi connectivity index (χ1) is 11.7. The van der Waals surface area contributed by atoms with E-state index in [1.807, 2.05) is 23.6 Å². The number of carbonyl (C=O) groups is 1. The van der Waals surface area contributed by atoms with Crippen LogP contribution in [-0.4, -0.2) is 73.2 Å². The highest BCUT2D eigenvalue weighted by Crippen LogP contribution is 2.34. The zero-order valence-electron chi connectivity index (χ0n) is 15.1. The normalized spacial score (nSPS) is 20.9. The standard InChI is InChI=1S/C17H32N4O2S/c1-3-18-16(19-13-15(22)21-9-5-6-10-21)20-14-17(24-4-2)7-11-23-12-8-17/h3-14H2,1-2H3,(H2,18,19,20). The Hall–Kier alpha value is -0.950. The average molecular weight is 357 g/mol. The van der Waals surface area contributed by atoms with E-state index in [1.165, 1.54) is 0 Å². The van der Waals surface area contributed by atoms with Crippen molar-refractivity contribution < 1.29 is 9.53 Å². The third-order valence-electron chi connectivity index (χ3n) is 4.61. The summed E-state index contributed by atoms with van der Waals surface area (Å²) >= 11 is 2.00. The van der Waals surface area contributed by atoms with Gasteiger partial charge in [0.05, 0.1) is 0 Å². The van der Waals surface area contributed by atoms with E-state index >= 15 is 0 Å². The van der Waals surface area contributed by atoms with Crippen LogP contribution in [0.5, 0.6) is 0 Å². The van der Waals surface area contributed by atoms with Crippen LogP contribution in [0.4, 0.5) is 0 Å². The summed E-state index contributed by atoms with van der Waals surface area (Å²) < 4.78 is 5.73. The van der Waals surface area contributed by atoms with Gasteiger partial charge in [-0.3, -0.25) is 4.79 Å². The van der Waals surface area contributed by atoms with E-state index in [4.69, 9.17) is 4.74 Å². The molecule has 138 valence electrons. The average Bonchev–Trinajstić information content (AvgIpc) is 3.13. The van der Waals surface area contributed by atoms with Crippen molar-refractivity contribution in [2.24, 2.45) is 4.99 Å². The summed E-state index contributed by atoms with van der Waals surface area (Å²) in [5.74, 6) is 1.98. The lowest BCUT2D eigenvalue weighted by Crippen LogP contribution is -2.48. The summed E-state index contributed by atoms with van der Waals surface area (Å²) in [7, 11) is 0. The van der Waals surface area contributed by atoms with Crippen LogP contribution in [0.1, 0.15) is 39.5 Å². The van der Waals surface area contributed by atoms with E-state index in [0.29, 0.717) is 0 Å². The van der Waals surface area contributed by atoms with E-state index < -0.39 is 0 Å². The number of aliphatic imine (C=N–C) groups is 1. The molecule has 0 radical (unpaired) electrons. The number of amides is 1. The van der Waals surface area contributed by atoms with Gasteiger partial charge in [-0.25, -0.2) is 4.99 Å². The lowest BCUT2D eigenvalue weighted by molar-refractivity contribution is -0.128. The van der Waals surface area contributed by atoms with Crippen LogP contribution in [0.25, 0.3) is 0 Å². The minimum absolute atomic E-state index is 0.133. The van der Waals surface area contributed by atoms with Gasteiger partial charge in [-0.1, -0.05) is 6.92 Å². The maximum atomic E-state index is 12.2. The van der Waals surface area contributed by atoms with Gasteiger partial charge in [0.1, 0.15) is 6.54 Å². The van der Waals surface area contributed by atoms with Gasteiger partial charge in [0.2, 0.25) is 5.91 Å². The second-order valence-corrected chi connectivity index (χ2v) is 8.10. The largest absolute Gasteiger partial charge is 0.381 e. The highest BCUT2D eigenvalue weighted by atomic mass is 32.2. The molecule has 2 fully saturated rings. The van der Waals surface area contributed by atoms with Gasteiger partial charge >= 0.3 is 0 Å². The Morgan fingerprint density at radius 3 is 2.54 bits per heavy atom. The van der Waals surface area contributed by atoms with Crippen molar-refractivity contribution >= 4 is 23.6 Å². The van der Waals surface area contributed by atoms with Crippen LogP contribution < -0.4 is 10.6 Å². The van der Waals surface area contributed by atoms with Crippen molar-refractivity contribution in [3.8, 4) is 0 Å². The van der Waals surface area contributed by atoms with Crippen molar-refractivity contribution in [2.45, 2.75) is 44.3 Å². The smallest absolute Gasteiger partial charge is 0.244 e. The molecule has 1 amide bonds. The molecule has 6 nitrogen and oxygen atoms in total. The number of ether oxygens (including phenoxy) is 1. The fraction of sp³-hybridized carbons (Fsp3) is 0.882. The van der Waals surface area contributed by atoms with Gasteiger partial charge in [0.15, 0.2) is 5.96 Å². The fourth-order valence-corrected chi connectivity index (χ4v) is 4.46. The summed E-state index contributed by atoms with van der Waals surface area (Å²) in [6, 6.07) is 0. The number of rotatable bonds is 7. The number of guanidine groups is 1. The Kier molecular flexibility index (Phi) is 8.18. The molecule has 0 bridgehead atoms. The van der Waals surface area contributed by atoms with Crippen LogP contribution >= 0.6 is 11.8 Å². The molecule has 2 rings (SSSR count). The molecule has 7 heteroatoms. The van der Waals surface area contributed by atoms with E-state index in [-0.39, 0.29) is 17.2 Å². The summed E-state index contributed by atoms with van der Waals surface area (Å²) in [4.78, 5) is 18.6. The molecule has 0 aromatic carbocycles. The number of hydrogen-bond acceptors (Lipinski definition) is 4. The van der Waals surface area contributed by atoms with Gasteiger partial charge in [-0.15, -0.1) is 0 Å². The topological polar surface area (TPSA) is 66.0 Å². The highest BCUT2D eigenvalue weighted by molar-refractivity contribution is 8.00. The number of thioether (sulfide) groups is 1. The maximum Gasteiger partial charge on any atom is 0.244 e. The number of nitrogens with zero attached hydrogens (tertiary/aromatic N) is 2. The summed E-state index contributed by atoms with van der Waals surface area (Å²) in [6.07, 6.45) is 4.36. The van der Waals surface area contributed by atoms with Crippen LogP contribution in [0.3, 0.4) is 0 Å². The number of likely N-dealkylation sites (tertiary alicyclic amines) is 1. The second-order valence-electron chi connectivity index (χ2n) is 6.37. The van der Waals surface area contributed by atoms with Gasteiger partial charge in [0, 0.05) is 44.1 Å². The molecule has 24 heavy (non-hydrogen) atoms. The van der Waals surface area contributed by atoms with Crippen LogP contribution in [0, 0.1) is 0 Å². The highest BCUT2D eigenvalue weighted by Gasteiger charge is 2.32. The number of nitrogens with one attached hydrogen (secondary N) is 2. The van der Waals surface area contributed by atoms with Crippen LogP contribution in [0.15, 0.2) is 4.99 Å². The predicted molar refractivity (Wildman–Crippen MR) is 101 cm³/mol. The molecule has 2 N–H and O–H groups in total. The SMILES string of the molecule is CCNC(=NCC(=O)N1CCCC1)NCC1(SCC)CCOCC1.